The van der Waals surface area contributed by atoms with Gasteiger partial charge in [0, 0.05) is 23.1 Å². The van der Waals surface area contributed by atoms with Crippen molar-refractivity contribution in [2.75, 3.05) is 0 Å². The Kier molecular flexibility index (Phi) is 3.64. The Morgan fingerprint density at radius 2 is 2.00 bits per heavy atom. The third-order valence-corrected chi connectivity index (χ3v) is 5.14. The van der Waals surface area contributed by atoms with Gasteiger partial charge in [-0.25, -0.2) is 4.79 Å². The number of carboxylic acid groups (broad SMARTS) is 1. The lowest BCUT2D eigenvalue weighted by atomic mass is 9.87. The molecular formula is C21H21NO2. The smallest absolute Gasteiger partial charge is 0.335 e. The first-order valence-electron chi connectivity index (χ1n) is 8.54. The van der Waals surface area contributed by atoms with Crippen molar-refractivity contribution in [3.8, 4) is 0 Å². The van der Waals surface area contributed by atoms with Crippen LogP contribution in [-0.4, -0.2) is 15.6 Å². The summed E-state index contributed by atoms with van der Waals surface area (Å²) >= 11 is 0. The highest BCUT2D eigenvalue weighted by atomic mass is 16.4. The second-order valence-corrected chi connectivity index (χ2v) is 6.88. The quantitative estimate of drug-likeness (QED) is 0.771. The molecule has 0 aliphatic heterocycles. The van der Waals surface area contributed by atoms with E-state index in [1.807, 2.05) is 18.2 Å². The molecule has 0 amide bonds. The lowest BCUT2D eigenvalue weighted by molar-refractivity contribution is 0.0697. The molecule has 0 radical (unpaired) electrons. The van der Waals surface area contributed by atoms with E-state index in [0.717, 1.165) is 30.3 Å². The average Bonchev–Trinajstić information content (AvgIpc) is 2.88. The normalized spacial score (nSPS) is 17.0. The SMILES string of the molecule is CC1CCc2c(c3cc(C(=O)O)ccc3n2Cc2ccccc2)C1. The number of benzene rings is 2. The number of carboxylic acids is 1. The van der Waals surface area contributed by atoms with Crippen molar-refractivity contribution in [3.05, 3.63) is 70.9 Å². The van der Waals surface area contributed by atoms with Crippen LogP contribution >= 0.6 is 0 Å². The molecular weight excluding hydrogens is 298 g/mol. The van der Waals surface area contributed by atoms with Crippen LogP contribution < -0.4 is 0 Å². The van der Waals surface area contributed by atoms with E-state index in [9.17, 15) is 9.90 Å². The molecule has 2 aromatic carbocycles. The van der Waals surface area contributed by atoms with E-state index in [2.05, 4.69) is 35.8 Å². The van der Waals surface area contributed by atoms with E-state index < -0.39 is 5.97 Å². The van der Waals surface area contributed by atoms with Gasteiger partial charge >= 0.3 is 5.97 Å². The predicted molar refractivity (Wildman–Crippen MR) is 95.6 cm³/mol. The highest BCUT2D eigenvalue weighted by Gasteiger charge is 2.24. The van der Waals surface area contributed by atoms with Crippen molar-refractivity contribution in [3.63, 3.8) is 0 Å². The first kappa shape index (κ1) is 15.0. The summed E-state index contributed by atoms with van der Waals surface area (Å²) < 4.78 is 2.39. The summed E-state index contributed by atoms with van der Waals surface area (Å²) in [5, 5.41) is 10.5. The molecule has 0 fully saturated rings. The van der Waals surface area contributed by atoms with Crippen molar-refractivity contribution in [1.82, 2.24) is 4.57 Å². The predicted octanol–water partition coefficient (Wildman–Crippen LogP) is 4.51. The third-order valence-electron chi connectivity index (χ3n) is 5.14. The summed E-state index contributed by atoms with van der Waals surface area (Å²) in [5.41, 5.74) is 5.54. The summed E-state index contributed by atoms with van der Waals surface area (Å²) in [7, 11) is 0. The van der Waals surface area contributed by atoms with Gasteiger partial charge in [-0.05, 0) is 54.5 Å². The minimum absolute atomic E-state index is 0.375. The fourth-order valence-electron chi connectivity index (χ4n) is 3.90. The van der Waals surface area contributed by atoms with E-state index in [-0.39, 0.29) is 0 Å². The van der Waals surface area contributed by atoms with Gasteiger partial charge in [0.2, 0.25) is 0 Å². The monoisotopic (exact) mass is 319 g/mol. The molecule has 3 aromatic rings. The van der Waals surface area contributed by atoms with Crippen molar-refractivity contribution in [1.29, 1.82) is 0 Å². The molecule has 0 saturated heterocycles. The number of nitrogens with zero attached hydrogens (tertiary/aromatic N) is 1. The number of hydrogen-bond acceptors (Lipinski definition) is 1. The number of hydrogen-bond donors (Lipinski definition) is 1. The van der Waals surface area contributed by atoms with E-state index in [4.69, 9.17) is 0 Å². The molecule has 3 nitrogen and oxygen atoms in total. The van der Waals surface area contributed by atoms with Crippen LogP contribution in [0.1, 0.15) is 40.5 Å². The molecule has 4 rings (SSSR count). The van der Waals surface area contributed by atoms with Gasteiger partial charge in [-0.3, -0.25) is 0 Å². The van der Waals surface area contributed by atoms with Crippen LogP contribution in [0.15, 0.2) is 48.5 Å². The Balaban J connectivity index is 1.90. The highest BCUT2D eigenvalue weighted by Crippen LogP contribution is 2.35. The lowest BCUT2D eigenvalue weighted by Crippen LogP contribution is -2.14. The first-order valence-corrected chi connectivity index (χ1v) is 8.54. The minimum Gasteiger partial charge on any atom is -0.478 e. The Hall–Kier alpha value is -2.55. The first-order chi connectivity index (χ1) is 11.6. The van der Waals surface area contributed by atoms with Crippen molar-refractivity contribution in [2.24, 2.45) is 5.92 Å². The van der Waals surface area contributed by atoms with E-state index >= 15 is 0 Å². The molecule has 1 N–H and O–H groups in total. The summed E-state index contributed by atoms with van der Waals surface area (Å²) in [6.45, 7) is 3.12. The van der Waals surface area contributed by atoms with Crippen LogP contribution in [0.3, 0.4) is 0 Å². The maximum absolute atomic E-state index is 11.4. The fraction of sp³-hybridized carbons (Fsp3) is 0.286. The van der Waals surface area contributed by atoms with Gasteiger partial charge in [-0.15, -0.1) is 0 Å². The van der Waals surface area contributed by atoms with Crippen LogP contribution in [-0.2, 0) is 19.4 Å². The second-order valence-electron chi connectivity index (χ2n) is 6.88. The van der Waals surface area contributed by atoms with Crippen LogP contribution in [0, 0.1) is 5.92 Å². The zero-order valence-electron chi connectivity index (χ0n) is 13.8. The molecule has 0 bridgehead atoms. The van der Waals surface area contributed by atoms with Crippen molar-refractivity contribution >= 4 is 16.9 Å². The molecule has 0 saturated carbocycles. The summed E-state index contributed by atoms with van der Waals surface area (Å²) in [5.74, 6) is -0.202. The lowest BCUT2D eigenvalue weighted by Gasteiger charge is -2.21. The Labute approximate surface area is 141 Å². The number of aromatic carboxylic acids is 1. The second kappa shape index (κ2) is 5.82. The van der Waals surface area contributed by atoms with Gasteiger partial charge in [0.15, 0.2) is 0 Å². The Bertz CT molecular complexity index is 908. The van der Waals surface area contributed by atoms with E-state index in [1.165, 1.54) is 23.2 Å². The van der Waals surface area contributed by atoms with Crippen LogP contribution in [0.5, 0.6) is 0 Å². The average molecular weight is 319 g/mol. The van der Waals surface area contributed by atoms with Gasteiger partial charge in [0.25, 0.3) is 0 Å². The van der Waals surface area contributed by atoms with E-state index in [0.29, 0.717) is 11.5 Å². The number of rotatable bonds is 3. The molecule has 0 spiro atoms. The van der Waals surface area contributed by atoms with E-state index in [1.54, 1.807) is 6.07 Å². The molecule has 1 aliphatic rings. The standard InChI is InChI=1S/C21H21NO2/c1-14-7-9-19-17(11-14)18-12-16(21(23)24)8-10-20(18)22(19)13-15-5-3-2-4-6-15/h2-6,8,10,12,14H,7,9,11,13H2,1H3,(H,23,24). The van der Waals surface area contributed by atoms with Gasteiger partial charge in [-0.2, -0.15) is 0 Å². The molecule has 1 unspecified atom stereocenters. The van der Waals surface area contributed by atoms with Gasteiger partial charge < -0.3 is 9.67 Å². The maximum Gasteiger partial charge on any atom is 0.335 e. The number of carbonyl (C=O) groups is 1. The highest BCUT2D eigenvalue weighted by molar-refractivity contribution is 5.95. The zero-order chi connectivity index (χ0) is 16.7. The third kappa shape index (κ3) is 2.50. The molecule has 122 valence electrons. The minimum atomic E-state index is -0.856. The summed E-state index contributed by atoms with van der Waals surface area (Å²) in [6.07, 6.45) is 3.31. The maximum atomic E-state index is 11.4. The Morgan fingerprint density at radius 1 is 1.21 bits per heavy atom. The Morgan fingerprint density at radius 3 is 2.75 bits per heavy atom. The van der Waals surface area contributed by atoms with Gasteiger partial charge in [0.05, 0.1) is 5.56 Å². The summed E-state index contributed by atoms with van der Waals surface area (Å²) in [6, 6.07) is 16.0. The molecule has 3 heteroatoms. The van der Waals surface area contributed by atoms with Gasteiger partial charge in [-0.1, -0.05) is 37.3 Å². The van der Waals surface area contributed by atoms with Crippen LogP contribution in [0.25, 0.3) is 10.9 Å². The van der Waals surface area contributed by atoms with Crippen molar-refractivity contribution in [2.45, 2.75) is 32.7 Å². The molecule has 1 atom stereocenters. The van der Waals surface area contributed by atoms with Crippen LogP contribution in [0.4, 0.5) is 0 Å². The molecule has 1 aliphatic carbocycles. The van der Waals surface area contributed by atoms with Crippen LogP contribution in [0.2, 0.25) is 0 Å². The largest absolute Gasteiger partial charge is 0.478 e. The number of fused-ring (bicyclic) bond motifs is 3. The van der Waals surface area contributed by atoms with Gasteiger partial charge in [0.1, 0.15) is 0 Å². The zero-order valence-corrected chi connectivity index (χ0v) is 13.8. The summed E-state index contributed by atoms with van der Waals surface area (Å²) in [4.78, 5) is 11.4. The number of aromatic nitrogens is 1. The molecule has 1 heterocycles. The molecule has 24 heavy (non-hydrogen) atoms. The fourth-order valence-corrected chi connectivity index (χ4v) is 3.90. The molecule has 1 aromatic heterocycles. The van der Waals surface area contributed by atoms with Crippen molar-refractivity contribution < 1.29 is 9.90 Å². The topological polar surface area (TPSA) is 42.2 Å².